The van der Waals surface area contributed by atoms with Crippen LogP contribution in [0.1, 0.15) is 18.2 Å². The smallest absolute Gasteiger partial charge is 0.325 e. The van der Waals surface area contributed by atoms with Gasteiger partial charge in [-0.05, 0) is 35.0 Å². The maximum atomic E-state index is 13.3. The third-order valence-electron chi connectivity index (χ3n) is 5.25. The molecule has 0 aliphatic carbocycles. The fraction of sp³-hybridized carbons (Fsp3) is 0.143. The Labute approximate surface area is 176 Å². The molecule has 0 unspecified atom stereocenters. The molecule has 31 heavy (non-hydrogen) atoms. The molecule has 1 fully saturated rings. The van der Waals surface area contributed by atoms with E-state index in [-0.39, 0.29) is 12.5 Å². The number of benzene rings is 2. The highest BCUT2D eigenvalue weighted by molar-refractivity contribution is 6.07. The second-order valence-corrected chi connectivity index (χ2v) is 7.30. The summed E-state index contributed by atoms with van der Waals surface area (Å²) in [6.07, 6.45) is 1.46. The summed E-state index contributed by atoms with van der Waals surface area (Å²) >= 11 is 0. The van der Waals surface area contributed by atoms with Gasteiger partial charge in [-0.2, -0.15) is 0 Å². The van der Waals surface area contributed by atoms with Crippen molar-refractivity contribution in [1.82, 2.24) is 35.6 Å². The fourth-order valence-corrected chi connectivity index (χ4v) is 3.56. The number of amides is 3. The van der Waals surface area contributed by atoms with E-state index in [0.29, 0.717) is 22.7 Å². The molecule has 5 rings (SSSR count). The minimum Gasteiger partial charge on any atom is -0.356 e. The molecule has 3 heterocycles. The lowest BCUT2D eigenvalue weighted by Crippen LogP contribution is -2.40. The van der Waals surface area contributed by atoms with Crippen molar-refractivity contribution < 1.29 is 14.1 Å². The van der Waals surface area contributed by atoms with Crippen molar-refractivity contribution in [3.8, 4) is 17.0 Å². The van der Waals surface area contributed by atoms with Crippen LogP contribution >= 0.6 is 0 Å². The van der Waals surface area contributed by atoms with E-state index in [1.807, 2.05) is 36.4 Å². The highest BCUT2D eigenvalue weighted by atomic mass is 16.5. The van der Waals surface area contributed by atoms with Gasteiger partial charge in [0.05, 0.1) is 12.2 Å². The Morgan fingerprint density at radius 3 is 2.68 bits per heavy atom. The van der Waals surface area contributed by atoms with Crippen LogP contribution in [0.3, 0.4) is 0 Å². The molecule has 1 aliphatic heterocycles. The van der Waals surface area contributed by atoms with E-state index in [0.717, 1.165) is 10.5 Å². The van der Waals surface area contributed by atoms with E-state index in [4.69, 9.17) is 4.52 Å². The standard InChI is InChI=1S/C21H17N7O3/c1-21(15-8-5-9-17(10-15)28-13-22-25-26-28)19(29)27(20(30)23-21)12-16-11-18(31-24-16)14-6-3-2-4-7-14/h2-11,13H,12H2,1H3,(H,23,30)/t21-/m0/s1. The van der Waals surface area contributed by atoms with Gasteiger partial charge in [-0.25, -0.2) is 9.48 Å². The topological polar surface area (TPSA) is 119 Å². The van der Waals surface area contributed by atoms with Crippen LogP contribution in [0.4, 0.5) is 4.79 Å². The lowest BCUT2D eigenvalue weighted by Gasteiger charge is -2.22. The van der Waals surface area contributed by atoms with Crippen molar-refractivity contribution in [3.05, 3.63) is 78.2 Å². The van der Waals surface area contributed by atoms with Crippen molar-refractivity contribution in [2.24, 2.45) is 0 Å². The molecule has 3 amide bonds. The summed E-state index contributed by atoms with van der Waals surface area (Å²) in [5, 5.41) is 17.9. The number of tetrazole rings is 1. The normalized spacial score (nSPS) is 18.4. The molecule has 2 aromatic carbocycles. The van der Waals surface area contributed by atoms with E-state index < -0.39 is 11.6 Å². The molecule has 2 aromatic heterocycles. The van der Waals surface area contributed by atoms with E-state index >= 15 is 0 Å². The second-order valence-electron chi connectivity index (χ2n) is 7.30. The number of aromatic nitrogens is 5. The van der Waals surface area contributed by atoms with Crippen molar-refractivity contribution >= 4 is 11.9 Å². The predicted molar refractivity (Wildman–Crippen MR) is 108 cm³/mol. The quantitative estimate of drug-likeness (QED) is 0.497. The summed E-state index contributed by atoms with van der Waals surface area (Å²) in [6.45, 7) is 1.67. The van der Waals surface area contributed by atoms with Crippen LogP contribution in [0.15, 0.2) is 71.5 Å². The Morgan fingerprint density at radius 1 is 1.06 bits per heavy atom. The van der Waals surface area contributed by atoms with Gasteiger partial charge >= 0.3 is 6.03 Å². The number of urea groups is 1. The zero-order valence-corrected chi connectivity index (χ0v) is 16.5. The number of hydrogen-bond acceptors (Lipinski definition) is 7. The van der Waals surface area contributed by atoms with Crippen LogP contribution in [0, 0.1) is 0 Å². The maximum absolute atomic E-state index is 13.3. The first kappa shape index (κ1) is 18.7. The highest BCUT2D eigenvalue weighted by Gasteiger charge is 2.49. The van der Waals surface area contributed by atoms with Crippen molar-refractivity contribution in [3.63, 3.8) is 0 Å². The minimum atomic E-state index is -1.23. The van der Waals surface area contributed by atoms with Crippen LogP contribution in [0.5, 0.6) is 0 Å². The monoisotopic (exact) mass is 415 g/mol. The summed E-state index contributed by atoms with van der Waals surface area (Å²) in [7, 11) is 0. The number of carbonyl (C=O) groups excluding carboxylic acids is 2. The molecule has 0 saturated carbocycles. The molecule has 154 valence electrons. The van der Waals surface area contributed by atoms with Gasteiger partial charge in [-0.3, -0.25) is 9.69 Å². The molecular weight excluding hydrogens is 398 g/mol. The summed E-state index contributed by atoms with van der Waals surface area (Å²) in [5.41, 5.74) is 1.41. The molecule has 0 spiro atoms. The maximum Gasteiger partial charge on any atom is 0.325 e. The average molecular weight is 415 g/mol. The SMILES string of the molecule is C[C@@]1(c2cccc(-n3cnnn3)c2)NC(=O)N(Cc2cc(-c3ccccc3)on2)C1=O. The summed E-state index contributed by atoms with van der Waals surface area (Å²) < 4.78 is 6.86. The number of imide groups is 1. The predicted octanol–water partition coefficient (Wildman–Crippen LogP) is 2.28. The fourth-order valence-electron chi connectivity index (χ4n) is 3.56. The third-order valence-corrected chi connectivity index (χ3v) is 5.25. The number of nitrogens with zero attached hydrogens (tertiary/aromatic N) is 6. The summed E-state index contributed by atoms with van der Waals surface area (Å²) in [6, 6.07) is 17.8. The largest absolute Gasteiger partial charge is 0.356 e. The first-order valence-corrected chi connectivity index (χ1v) is 9.53. The first-order chi connectivity index (χ1) is 15.0. The van der Waals surface area contributed by atoms with E-state index in [9.17, 15) is 9.59 Å². The first-order valence-electron chi connectivity index (χ1n) is 9.53. The van der Waals surface area contributed by atoms with Crippen LogP contribution in [0.25, 0.3) is 17.0 Å². The Hall–Kier alpha value is -4.34. The molecule has 0 bridgehead atoms. The Balaban J connectivity index is 1.40. The Kier molecular flexibility index (Phi) is 4.32. The third kappa shape index (κ3) is 3.23. The van der Waals surface area contributed by atoms with Gasteiger partial charge in [0.25, 0.3) is 5.91 Å². The van der Waals surface area contributed by atoms with Gasteiger partial charge in [0.15, 0.2) is 5.76 Å². The molecule has 0 radical (unpaired) electrons. The number of hydrogen-bond donors (Lipinski definition) is 1. The van der Waals surface area contributed by atoms with Gasteiger partial charge < -0.3 is 9.84 Å². The molecule has 10 nitrogen and oxygen atoms in total. The van der Waals surface area contributed by atoms with Crippen LogP contribution in [-0.4, -0.2) is 42.2 Å². The number of nitrogens with one attached hydrogen (secondary N) is 1. The Bertz CT molecular complexity index is 1250. The molecule has 1 atom stereocenters. The highest BCUT2D eigenvalue weighted by Crippen LogP contribution is 2.31. The molecule has 1 saturated heterocycles. The zero-order chi connectivity index (χ0) is 21.4. The van der Waals surface area contributed by atoms with Crippen molar-refractivity contribution in [2.45, 2.75) is 19.0 Å². The van der Waals surface area contributed by atoms with Gasteiger partial charge in [0, 0.05) is 11.6 Å². The van der Waals surface area contributed by atoms with Gasteiger partial charge in [0.1, 0.15) is 17.6 Å². The average Bonchev–Trinajstić information content (AvgIpc) is 3.53. The van der Waals surface area contributed by atoms with Crippen LogP contribution < -0.4 is 5.32 Å². The van der Waals surface area contributed by atoms with E-state index in [1.54, 1.807) is 31.2 Å². The van der Waals surface area contributed by atoms with Gasteiger partial charge in [-0.15, -0.1) is 5.10 Å². The number of carbonyl (C=O) groups is 2. The van der Waals surface area contributed by atoms with Crippen molar-refractivity contribution in [2.75, 3.05) is 0 Å². The Morgan fingerprint density at radius 2 is 1.90 bits per heavy atom. The lowest BCUT2D eigenvalue weighted by molar-refractivity contribution is -0.131. The molecule has 1 aliphatic rings. The number of rotatable bonds is 5. The minimum absolute atomic E-state index is 0.00325. The lowest BCUT2D eigenvalue weighted by atomic mass is 9.91. The van der Waals surface area contributed by atoms with E-state index in [2.05, 4.69) is 26.0 Å². The molecular formula is C21H17N7O3. The molecule has 4 aromatic rings. The summed E-state index contributed by atoms with van der Waals surface area (Å²) in [5.74, 6) is 0.190. The zero-order valence-electron chi connectivity index (χ0n) is 16.5. The van der Waals surface area contributed by atoms with E-state index in [1.165, 1.54) is 11.0 Å². The van der Waals surface area contributed by atoms with Gasteiger partial charge in [0.2, 0.25) is 0 Å². The van der Waals surface area contributed by atoms with Crippen molar-refractivity contribution in [1.29, 1.82) is 0 Å². The van der Waals surface area contributed by atoms with Gasteiger partial charge in [-0.1, -0.05) is 47.6 Å². The summed E-state index contributed by atoms with van der Waals surface area (Å²) in [4.78, 5) is 27.1. The molecule has 1 N–H and O–H groups in total. The van der Waals surface area contributed by atoms with Crippen LogP contribution in [-0.2, 0) is 16.9 Å². The molecule has 10 heteroatoms. The van der Waals surface area contributed by atoms with Crippen LogP contribution in [0.2, 0.25) is 0 Å². The second kappa shape index (κ2) is 7.17.